The molecule has 0 aliphatic rings. The molecule has 6 heteroatoms. The molecule has 2 rings (SSSR count). The number of nitrogen functional groups attached to an aromatic ring is 1. The highest BCUT2D eigenvalue weighted by atomic mass is 32.1. The number of carbonyl (C=O) groups is 1. The molecular weight excluding hydrogens is 296 g/mol. The Hall–Kier alpha value is -2.08. The minimum absolute atomic E-state index is 0.156. The van der Waals surface area contributed by atoms with Gasteiger partial charge in [-0.2, -0.15) is 0 Å². The minimum Gasteiger partial charge on any atom is -0.375 e. The lowest BCUT2D eigenvalue weighted by molar-refractivity contribution is 0.252. The number of hydrogen-bond donors (Lipinski definition) is 3. The number of carbonyl (C=O) groups excluding carboxylic acids is 1. The lowest BCUT2D eigenvalue weighted by Gasteiger charge is -2.08. The van der Waals surface area contributed by atoms with E-state index in [1.165, 1.54) is 11.3 Å². The van der Waals surface area contributed by atoms with Crippen LogP contribution in [-0.2, 0) is 6.42 Å². The molecule has 4 N–H and O–H groups in total. The fraction of sp³-hybridized carbons (Fsp3) is 0.375. The van der Waals surface area contributed by atoms with Crippen LogP contribution in [0.15, 0.2) is 29.6 Å². The molecule has 1 heterocycles. The van der Waals surface area contributed by atoms with E-state index >= 15 is 0 Å². The number of nitrogens with two attached hydrogens (primary N) is 1. The van der Waals surface area contributed by atoms with Gasteiger partial charge in [-0.25, -0.2) is 9.78 Å². The predicted octanol–water partition coefficient (Wildman–Crippen LogP) is 3.63. The van der Waals surface area contributed by atoms with E-state index < -0.39 is 0 Å². The van der Waals surface area contributed by atoms with Gasteiger partial charge in [0.25, 0.3) is 0 Å². The Kier molecular flexibility index (Phi) is 6.21. The first-order chi connectivity index (χ1) is 10.7. The van der Waals surface area contributed by atoms with E-state index in [9.17, 15) is 4.79 Å². The first-order valence-electron chi connectivity index (χ1n) is 7.51. The average molecular weight is 318 g/mol. The number of amides is 2. The monoisotopic (exact) mass is 318 g/mol. The number of benzene rings is 1. The molecule has 1 aromatic heterocycles. The molecule has 0 aliphatic carbocycles. The van der Waals surface area contributed by atoms with E-state index in [1.54, 1.807) is 0 Å². The maximum Gasteiger partial charge on any atom is 0.319 e. The summed E-state index contributed by atoms with van der Waals surface area (Å²) >= 11 is 1.45. The Balaban J connectivity index is 1.80. The summed E-state index contributed by atoms with van der Waals surface area (Å²) in [5, 5.41) is 8.24. The number of anilines is 2. The van der Waals surface area contributed by atoms with E-state index in [2.05, 4.69) is 22.5 Å². The van der Waals surface area contributed by atoms with Crippen molar-refractivity contribution in [3.8, 4) is 0 Å². The third-order valence-corrected chi connectivity index (χ3v) is 3.96. The van der Waals surface area contributed by atoms with E-state index in [-0.39, 0.29) is 6.03 Å². The van der Waals surface area contributed by atoms with Gasteiger partial charge in [0.15, 0.2) is 5.13 Å². The molecule has 0 radical (unpaired) electrons. The first kappa shape index (κ1) is 16.3. The second-order valence-corrected chi connectivity index (χ2v) is 6.03. The number of hydrogen-bond acceptors (Lipinski definition) is 4. The zero-order valence-electron chi connectivity index (χ0n) is 12.8. The van der Waals surface area contributed by atoms with Crippen LogP contribution < -0.4 is 16.4 Å². The lowest BCUT2D eigenvalue weighted by Crippen LogP contribution is -2.29. The molecule has 118 valence electrons. The summed E-state index contributed by atoms with van der Waals surface area (Å²) in [6.45, 7) is 2.85. The molecule has 2 aromatic rings. The van der Waals surface area contributed by atoms with Crippen LogP contribution in [0.2, 0.25) is 0 Å². The number of thiazole rings is 1. The summed E-state index contributed by atoms with van der Waals surface area (Å²) < 4.78 is 0. The number of unbranched alkanes of at least 4 members (excludes halogenated alkanes) is 2. The van der Waals surface area contributed by atoms with Crippen LogP contribution in [0.4, 0.5) is 15.6 Å². The van der Waals surface area contributed by atoms with Crippen LogP contribution in [0, 0.1) is 0 Å². The molecule has 22 heavy (non-hydrogen) atoms. The third kappa shape index (κ3) is 5.37. The van der Waals surface area contributed by atoms with Gasteiger partial charge in [-0.3, -0.25) is 0 Å². The Morgan fingerprint density at radius 1 is 1.27 bits per heavy atom. The van der Waals surface area contributed by atoms with Crippen molar-refractivity contribution in [2.24, 2.45) is 0 Å². The van der Waals surface area contributed by atoms with Crippen LogP contribution in [-0.4, -0.2) is 17.6 Å². The number of rotatable bonds is 7. The van der Waals surface area contributed by atoms with E-state index in [4.69, 9.17) is 5.73 Å². The highest BCUT2D eigenvalue weighted by Gasteiger charge is 2.03. The summed E-state index contributed by atoms with van der Waals surface area (Å²) in [4.78, 5) is 16.0. The molecule has 0 saturated carbocycles. The Bertz CT molecular complexity index is 594. The molecular formula is C16H22N4OS. The normalized spacial score (nSPS) is 10.4. The van der Waals surface area contributed by atoms with E-state index in [0.717, 1.165) is 42.6 Å². The third-order valence-electron chi connectivity index (χ3n) is 3.23. The number of nitrogens with zero attached hydrogens (tertiary/aromatic N) is 1. The molecule has 2 amide bonds. The Morgan fingerprint density at radius 2 is 2.05 bits per heavy atom. The van der Waals surface area contributed by atoms with Crippen LogP contribution in [0.1, 0.15) is 37.4 Å². The molecule has 0 fully saturated rings. The maximum absolute atomic E-state index is 11.7. The largest absolute Gasteiger partial charge is 0.375 e. The van der Waals surface area contributed by atoms with Crippen molar-refractivity contribution in [3.63, 3.8) is 0 Å². The van der Waals surface area contributed by atoms with Crippen molar-refractivity contribution >= 4 is 28.2 Å². The topological polar surface area (TPSA) is 80.0 Å². The van der Waals surface area contributed by atoms with Crippen molar-refractivity contribution in [1.82, 2.24) is 10.3 Å². The van der Waals surface area contributed by atoms with Crippen molar-refractivity contribution in [3.05, 3.63) is 40.9 Å². The van der Waals surface area contributed by atoms with Gasteiger partial charge in [0, 0.05) is 24.0 Å². The number of nitrogens with one attached hydrogen (secondary N) is 2. The zero-order chi connectivity index (χ0) is 15.8. The molecule has 0 atom stereocenters. The quantitative estimate of drug-likeness (QED) is 0.682. The maximum atomic E-state index is 11.7. The zero-order valence-corrected chi connectivity index (χ0v) is 13.6. The van der Waals surface area contributed by atoms with Gasteiger partial charge < -0.3 is 16.4 Å². The van der Waals surface area contributed by atoms with Crippen molar-refractivity contribution in [2.75, 3.05) is 17.6 Å². The van der Waals surface area contributed by atoms with Gasteiger partial charge in [-0.1, -0.05) is 31.9 Å². The first-order valence-corrected chi connectivity index (χ1v) is 8.39. The standard InChI is InChI=1S/C16H22N4OS/c1-2-3-4-9-18-16(21)20-13-7-5-12(6-8-13)10-14-11-22-15(17)19-14/h5-8,11H,2-4,9-10H2,1H3,(H2,17,19)(H2,18,20,21). The van der Waals surface area contributed by atoms with Crippen molar-refractivity contribution in [2.45, 2.75) is 32.6 Å². The SMILES string of the molecule is CCCCCNC(=O)Nc1ccc(Cc2csc(N)n2)cc1. The summed E-state index contributed by atoms with van der Waals surface area (Å²) in [6.07, 6.45) is 4.04. The molecule has 5 nitrogen and oxygen atoms in total. The average Bonchev–Trinajstić information content (AvgIpc) is 2.91. The van der Waals surface area contributed by atoms with Gasteiger partial charge >= 0.3 is 6.03 Å². The highest BCUT2D eigenvalue weighted by molar-refractivity contribution is 7.13. The molecule has 0 aliphatic heterocycles. The summed E-state index contributed by atoms with van der Waals surface area (Å²) in [5.74, 6) is 0. The molecule has 0 spiro atoms. The van der Waals surface area contributed by atoms with Gasteiger partial charge in [0.2, 0.25) is 0 Å². The Morgan fingerprint density at radius 3 is 2.68 bits per heavy atom. The van der Waals surface area contributed by atoms with Crippen LogP contribution in [0.5, 0.6) is 0 Å². The van der Waals surface area contributed by atoms with E-state index in [0.29, 0.717) is 11.7 Å². The van der Waals surface area contributed by atoms with Crippen molar-refractivity contribution in [1.29, 1.82) is 0 Å². The second kappa shape index (κ2) is 8.38. The smallest absolute Gasteiger partial charge is 0.319 e. The van der Waals surface area contributed by atoms with Crippen molar-refractivity contribution < 1.29 is 4.79 Å². The van der Waals surface area contributed by atoms with Crippen LogP contribution in [0.25, 0.3) is 0 Å². The van der Waals surface area contributed by atoms with Gasteiger partial charge in [-0.05, 0) is 24.1 Å². The van der Waals surface area contributed by atoms with Gasteiger partial charge in [-0.15, -0.1) is 11.3 Å². The summed E-state index contributed by atoms with van der Waals surface area (Å²) in [6, 6.07) is 7.62. The summed E-state index contributed by atoms with van der Waals surface area (Å²) in [5.41, 5.74) is 8.52. The molecule has 0 unspecified atom stereocenters. The van der Waals surface area contributed by atoms with Gasteiger partial charge in [0.05, 0.1) is 5.69 Å². The highest BCUT2D eigenvalue weighted by Crippen LogP contribution is 2.16. The number of aromatic nitrogens is 1. The fourth-order valence-corrected chi connectivity index (χ4v) is 2.63. The van der Waals surface area contributed by atoms with E-state index in [1.807, 2.05) is 29.6 Å². The summed E-state index contributed by atoms with van der Waals surface area (Å²) in [7, 11) is 0. The predicted molar refractivity (Wildman–Crippen MR) is 92.3 cm³/mol. The minimum atomic E-state index is -0.156. The lowest BCUT2D eigenvalue weighted by atomic mass is 10.1. The van der Waals surface area contributed by atoms with Crippen LogP contribution in [0.3, 0.4) is 0 Å². The van der Waals surface area contributed by atoms with Crippen LogP contribution >= 0.6 is 11.3 Å². The van der Waals surface area contributed by atoms with Gasteiger partial charge in [0.1, 0.15) is 0 Å². The Labute approximate surface area is 135 Å². The molecule has 0 saturated heterocycles. The fourth-order valence-electron chi connectivity index (χ4n) is 2.07. The molecule has 0 bridgehead atoms. The molecule has 1 aromatic carbocycles. The second-order valence-electron chi connectivity index (χ2n) is 5.14. The number of urea groups is 1.